The summed E-state index contributed by atoms with van der Waals surface area (Å²) in [6.07, 6.45) is -0.432. The van der Waals surface area contributed by atoms with E-state index in [9.17, 15) is 4.79 Å². The number of thiophene rings is 1. The maximum Gasteiger partial charge on any atom is 0.336 e. The summed E-state index contributed by atoms with van der Waals surface area (Å²) < 4.78 is 10.1. The van der Waals surface area contributed by atoms with Crippen LogP contribution in [-0.4, -0.2) is 43.8 Å². The van der Waals surface area contributed by atoms with Gasteiger partial charge in [-0.25, -0.2) is 4.79 Å². The highest BCUT2D eigenvalue weighted by molar-refractivity contribution is 7.09. The number of hydrogen-bond donors (Lipinski definition) is 0. The lowest BCUT2D eigenvalue weighted by molar-refractivity contribution is -0.159. The summed E-state index contributed by atoms with van der Waals surface area (Å²) in [6, 6.07) is 4.14. The van der Waals surface area contributed by atoms with Gasteiger partial charge in [-0.3, -0.25) is 4.90 Å². The molecule has 1 aromatic heterocycles. The molecule has 16 heavy (non-hydrogen) atoms. The summed E-state index contributed by atoms with van der Waals surface area (Å²) in [6.45, 7) is 2.95. The Morgan fingerprint density at radius 1 is 1.75 bits per heavy atom. The van der Waals surface area contributed by atoms with E-state index in [1.165, 1.54) is 12.0 Å². The van der Waals surface area contributed by atoms with E-state index in [2.05, 4.69) is 21.1 Å². The molecule has 0 aromatic carbocycles. The molecule has 1 aliphatic heterocycles. The fourth-order valence-corrected chi connectivity index (χ4v) is 2.49. The Bertz CT molecular complexity index is 339. The van der Waals surface area contributed by atoms with E-state index in [0.717, 1.165) is 13.1 Å². The summed E-state index contributed by atoms with van der Waals surface area (Å²) in [7, 11) is 1.39. The highest BCUT2D eigenvalue weighted by Gasteiger charge is 2.27. The van der Waals surface area contributed by atoms with E-state index in [0.29, 0.717) is 13.2 Å². The van der Waals surface area contributed by atoms with Crippen molar-refractivity contribution in [2.24, 2.45) is 0 Å². The highest BCUT2D eigenvalue weighted by atomic mass is 32.1. The number of nitrogens with zero attached hydrogens (tertiary/aromatic N) is 1. The Labute approximate surface area is 98.8 Å². The van der Waals surface area contributed by atoms with Crippen LogP contribution in [0.2, 0.25) is 0 Å². The third kappa shape index (κ3) is 2.81. The molecule has 88 valence electrons. The maximum atomic E-state index is 11.3. The summed E-state index contributed by atoms with van der Waals surface area (Å²) in [4.78, 5) is 14.9. The standard InChI is InChI=1S/C11H15NO3S/c1-14-11(13)10-8-12(4-5-15-10)7-9-3-2-6-16-9/h2-3,6,10H,4-5,7-8H2,1H3. The third-order valence-electron chi connectivity index (χ3n) is 2.57. The fourth-order valence-electron chi connectivity index (χ4n) is 1.74. The first kappa shape index (κ1) is 11.6. The van der Waals surface area contributed by atoms with Gasteiger partial charge in [0, 0.05) is 24.5 Å². The van der Waals surface area contributed by atoms with Gasteiger partial charge >= 0.3 is 5.97 Å². The van der Waals surface area contributed by atoms with E-state index >= 15 is 0 Å². The molecule has 0 spiro atoms. The number of esters is 1. The van der Waals surface area contributed by atoms with Crippen molar-refractivity contribution >= 4 is 17.3 Å². The molecule has 1 unspecified atom stereocenters. The zero-order valence-corrected chi connectivity index (χ0v) is 10.0. The van der Waals surface area contributed by atoms with Gasteiger partial charge in [-0.1, -0.05) is 6.07 Å². The van der Waals surface area contributed by atoms with Gasteiger partial charge in [-0.2, -0.15) is 0 Å². The molecule has 1 fully saturated rings. The Balaban J connectivity index is 1.89. The molecule has 1 aromatic rings. The SMILES string of the molecule is COC(=O)C1CN(Cc2cccs2)CCO1. The average Bonchev–Trinajstić information content (AvgIpc) is 2.81. The van der Waals surface area contributed by atoms with Gasteiger partial charge in [0.1, 0.15) is 0 Å². The zero-order valence-electron chi connectivity index (χ0n) is 9.22. The number of methoxy groups -OCH3 is 1. The molecular formula is C11H15NO3S. The molecule has 1 atom stereocenters. The molecule has 0 aliphatic carbocycles. The highest BCUT2D eigenvalue weighted by Crippen LogP contribution is 2.15. The van der Waals surface area contributed by atoms with Crippen molar-refractivity contribution in [1.82, 2.24) is 4.90 Å². The number of morpholine rings is 1. The predicted octanol–water partition coefficient (Wildman–Crippen LogP) is 1.12. The molecule has 0 saturated carbocycles. The van der Waals surface area contributed by atoms with Crippen molar-refractivity contribution < 1.29 is 14.3 Å². The lowest BCUT2D eigenvalue weighted by atomic mass is 10.2. The number of hydrogen-bond acceptors (Lipinski definition) is 5. The zero-order chi connectivity index (χ0) is 11.4. The minimum atomic E-state index is -0.432. The molecule has 0 radical (unpaired) electrons. The lowest BCUT2D eigenvalue weighted by Gasteiger charge is -2.30. The number of carbonyl (C=O) groups is 1. The molecule has 2 heterocycles. The first-order valence-electron chi connectivity index (χ1n) is 5.24. The van der Waals surface area contributed by atoms with Crippen molar-refractivity contribution in [1.29, 1.82) is 0 Å². The second kappa shape index (κ2) is 5.43. The third-order valence-corrected chi connectivity index (χ3v) is 3.44. The molecule has 4 nitrogen and oxygen atoms in total. The van der Waals surface area contributed by atoms with E-state index in [1.54, 1.807) is 11.3 Å². The predicted molar refractivity (Wildman–Crippen MR) is 61.4 cm³/mol. The van der Waals surface area contributed by atoms with Crippen molar-refractivity contribution in [3.05, 3.63) is 22.4 Å². The van der Waals surface area contributed by atoms with Gasteiger partial charge in [-0.05, 0) is 11.4 Å². The van der Waals surface area contributed by atoms with Crippen LogP contribution in [0.15, 0.2) is 17.5 Å². The van der Waals surface area contributed by atoms with Crippen LogP contribution in [0.4, 0.5) is 0 Å². The molecule has 0 bridgehead atoms. The van der Waals surface area contributed by atoms with Crippen molar-refractivity contribution in [3.63, 3.8) is 0 Å². The summed E-state index contributed by atoms with van der Waals surface area (Å²) >= 11 is 1.73. The van der Waals surface area contributed by atoms with Gasteiger partial charge in [0.25, 0.3) is 0 Å². The summed E-state index contributed by atoms with van der Waals surface area (Å²) in [5, 5.41) is 2.06. The summed E-state index contributed by atoms with van der Waals surface area (Å²) in [5.74, 6) is -0.282. The van der Waals surface area contributed by atoms with Gasteiger partial charge < -0.3 is 9.47 Å². The first-order valence-corrected chi connectivity index (χ1v) is 6.11. The molecule has 1 saturated heterocycles. The van der Waals surface area contributed by atoms with Crippen molar-refractivity contribution in [2.75, 3.05) is 26.8 Å². The number of rotatable bonds is 3. The Morgan fingerprint density at radius 3 is 3.31 bits per heavy atom. The van der Waals surface area contributed by atoms with Crippen LogP contribution in [0.1, 0.15) is 4.88 Å². The molecule has 1 aliphatic rings. The second-order valence-corrected chi connectivity index (χ2v) is 4.73. The van der Waals surface area contributed by atoms with Gasteiger partial charge in [-0.15, -0.1) is 11.3 Å². The lowest BCUT2D eigenvalue weighted by Crippen LogP contribution is -2.45. The van der Waals surface area contributed by atoms with Crippen LogP contribution in [0, 0.1) is 0 Å². The van der Waals surface area contributed by atoms with Crippen molar-refractivity contribution in [3.8, 4) is 0 Å². The van der Waals surface area contributed by atoms with Crippen LogP contribution in [-0.2, 0) is 20.8 Å². The van der Waals surface area contributed by atoms with E-state index in [-0.39, 0.29) is 5.97 Å². The van der Waals surface area contributed by atoms with Crippen LogP contribution in [0.5, 0.6) is 0 Å². The van der Waals surface area contributed by atoms with Gasteiger partial charge in [0.15, 0.2) is 6.10 Å². The first-order chi connectivity index (χ1) is 7.79. The fraction of sp³-hybridized carbons (Fsp3) is 0.545. The van der Waals surface area contributed by atoms with Crippen LogP contribution >= 0.6 is 11.3 Å². The monoisotopic (exact) mass is 241 g/mol. The van der Waals surface area contributed by atoms with E-state index in [4.69, 9.17) is 4.74 Å². The number of carbonyl (C=O) groups excluding carboxylic acids is 1. The molecule has 0 N–H and O–H groups in total. The Morgan fingerprint density at radius 2 is 2.62 bits per heavy atom. The molecule has 0 amide bonds. The van der Waals surface area contributed by atoms with Gasteiger partial charge in [0.2, 0.25) is 0 Å². The Hall–Kier alpha value is -0.910. The molecule has 5 heteroatoms. The Kier molecular flexibility index (Phi) is 3.93. The normalized spacial score (nSPS) is 21.9. The minimum absolute atomic E-state index is 0.282. The quantitative estimate of drug-likeness (QED) is 0.743. The van der Waals surface area contributed by atoms with Crippen LogP contribution < -0.4 is 0 Å². The smallest absolute Gasteiger partial charge is 0.336 e. The van der Waals surface area contributed by atoms with Crippen LogP contribution in [0.25, 0.3) is 0 Å². The van der Waals surface area contributed by atoms with E-state index in [1.807, 2.05) is 6.07 Å². The molecule has 2 rings (SSSR count). The largest absolute Gasteiger partial charge is 0.467 e. The molecular weight excluding hydrogens is 226 g/mol. The van der Waals surface area contributed by atoms with Crippen LogP contribution in [0.3, 0.4) is 0 Å². The number of ether oxygens (including phenoxy) is 2. The van der Waals surface area contributed by atoms with Gasteiger partial charge in [0.05, 0.1) is 13.7 Å². The average molecular weight is 241 g/mol. The minimum Gasteiger partial charge on any atom is -0.467 e. The van der Waals surface area contributed by atoms with E-state index < -0.39 is 6.10 Å². The van der Waals surface area contributed by atoms with Crippen molar-refractivity contribution in [2.45, 2.75) is 12.6 Å². The topological polar surface area (TPSA) is 38.8 Å². The maximum absolute atomic E-state index is 11.3. The summed E-state index contributed by atoms with van der Waals surface area (Å²) in [5.41, 5.74) is 0. The second-order valence-electron chi connectivity index (χ2n) is 3.70.